The van der Waals surface area contributed by atoms with E-state index in [1.807, 2.05) is 23.5 Å². The van der Waals surface area contributed by atoms with Gasteiger partial charge in [0.05, 0.1) is 33.1 Å². The van der Waals surface area contributed by atoms with Crippen molar-refractivity contribution in [2.75, 3.05) is 0 Å². The fourth-order valence-corrected chi connectivity index (χ4v) is 12.4. The summed E-state index contributed by atoms with van der Waals surface area (Å²) < 4.78 is 14.0. The fraction of sp³-hybridized carbons (Fsp3) is 0.138. The summed E-state index contributed by atoms with van der Waals surface area (Å²) in [4.78, 5) is 11.2. The highest BCUT2D eigenvalue weighted by molar-refractivity contribution is 7.25. The zero-order valence-electron chi connectivity index (χ0n) is 36.0. The summed E-state index contributed by atoms with van der Waals surface area (Å²) in [5.41, 5.74) is 11.8. The minimum atomic E-state index is -0.0104. The normalized spacial score (nSPS) is 15.0. The molecule has 0 saturated carbocycles. The smallest absolute Gasteiger partial charge is 0.238 e. The number of aromatic nitrogens is 4. The Bertz CT molecular complexity index is 4140. The van der Waals surface area contributed by atoms with Crippen LogP contribution in [0.1, 0.15) is 51.7 Å². The molecule has 1 aliphatic carbocycles. The number of hydrogen-bond donors (Lipinski definition) is 0. The monoisotopic (exact) mass is 842 g/mol. The van der Waals surface area contributed by atoms with Crippen molar-refractivity contribution in [1.29, 1.82) is 0 Å². The molecule has 0 N–H and O–H groups in total. The molecule has 0 fully saturated rings. The number of benzene rings is 8. The molecule has 5 heterocycles. The van der Waals surface area contributed by atoms with Crippen molar-refractivity contribution in [3.05, 3.63) is 169 Å². The molecule has 14 rings (SSSR count). The van der Waals surface area contributed by atoms with Crippen LogP contribution in [0.3, 0.4) is 0 Å². The predicted octanol–water partition coefficient (Wildman–Crippen LogP) is 16.1. The third-order valence-corrected chi connectivity index (χ3v) is 15.7. The van der Waals surface area contributed by atoms with Gasteiger partial charge < -0.3 is 8.98 Å². The van der Waals surface area contributed by atoms with E-state index < -0.39 is 0 Å². The van der Waals surface area contributed by atoms with Crippen molar-refractivity contribution in [2.24, 2.45) is 0 Å². The number of hydrogen-bond acceptors (Lipinski definition) is 4. The number of para-hydroxylation sites is 2. The van der Waals surface area contributed by atoms with E-state index in [1.165, 1.54) is 74.6 Å². The average molecular weight is 843 g/mol. The van der Waals surface area contributed by atoms with Crippen molar-refractivity contribution in [3.8, 4) is 22.9 Å². The second-order valence-corrected chi connectivity index (χ2v) is 20.3. The summed E-state index contributed by atoms with van der Waals surface area (Å²) in [6.45, 7) is 9.68. The van der Waals surface area contributed by atoms with Gasteiger partial charge in [0.15, 0.2) is 0 Å². The van der Waals surface area contributed by atoms with Gasteiger partial charge in [-0.25, -0.2) is 4.98 Å². The molecular formula is C58H42N4OS. The highest BCUT2D eigenvalue weighted by atomic mass is 32.1. The summed E-state index contributed by atoms with van der Waals surface area (Å²) in [5, 5.41) is 11.9. The van der Waals surface area contributed by atoms with Gasteiger partial charge in [-0.05, 0) is 106 Å². The lowest BCUT2D eigenvalue weighted by molar-refractivity contribution is 0.332. The fourth-order valence-electron chi connectivity index (χ4n) is 11.3. The lowest BCUT2D eigenvalue weighted by Crippen LogP contribution is -2.33. The zero-order valence-corrected chi connectivity index (χ0v) is 36.8. The molecule has 5 nitrogen and oxygen atoms in total. The average Bonchev–Trinajstić information content (AvgIpc) is 4.07. The minimum absolute atomic E-state index is 0.00813. The molecule has 0 bridgehead atoms. The van der Waals surface area contributed by atoms with Gasteiger partial charge in [-0.2, -0.15) is 4.98 Å². The summed E-state index contributed by atoms with van der Waals surface area (Å²) in [5.74, 6) is 0.599. The number of furan rings is 1. The molecule has 0 aliphatic heterocycles. The maximum absolute atomic E-state index is 6.73. The third kappa shape index (κ3) is 4.89. The van der Waals surface area contributed by atoms with Crippen molar-refractivity contribution in [2.45, 2.75) is 51.4 Å². The summed E-state index contributed by atoms with van der Waals surface area (Å²) in [6.07, 6.45) is 2.25. The van der Waals surface area contributed by atoms with E-state index >= 15 is 0 Å². The first kappa shape index (κ1) is 36.2. The van der Waals surface area contributed by atoms with E-state index in [0.717, 1.165) is 57.2 Å². The van der Waals surface area contributed by atoms with Crippen LogP contribution >= 0.6 is 11.3 Å². The number of thiophene rings is 1. The SMILES string of the molecule is CC1(C)CCC(C)(C)c2cc3c(cc21)c1c2c4c5ccccc5ccc4n(-c4ccccc4)c2ccc1n3-c1nc(-c2ccc3c(c2)sc2ccccc23)c2c(n1)oc1ccccc12. The zero-order chi connectivity index (χ0) is 42.6. The largest absolute Gasteiger partial charge is 0.437 e. The van der Waals surface area contributed by atoms with E-state index in [2.05, 4.69) is 182 Å². The van der Waals surface area contributed by atoms with E-state index in [1.54, 1.807) is 0 Å². The molecule has 0 amide bonds. The lowest BCUT2D eigenvalue weighted by atomic mass is 9.63. The molecule has 5 aromatic heterocycles. The Labute approximate surface area is 372 Å². The van der Waals surface area contributed by atoms with Gasteiger partial charge in [-0.15, -0.1) is 11.3 Å². The maximum Gasteiger partial charge on any atom is 0.238 e. The Hall–Kier alpha value is -7.28. The second kappa shape index (κ2) is 12.7. The van der Waals surface area contributed by atoms with Crippen LogP contribution < -0.4 is 0 Å². The second-order valence-electron chi connectivity index (χ2n) is 19.2. The summed E-state index contributed by atoms with van der Waals surface area (Å²) >= 11 is 1.83. The van der Waals surface area contributed by atoms with Gasteiger partial charge in [0.25, 0.3) is 0 Å². The van der Waals surface area contributed by atoms with E-state index in [4.69, 9.17) is 14.4 Å². The Morgan fingerprint density at radius 3 is 1.95 bits per heavy atom. The van der Waals surface area contributed by atoms with Gasteiger partial charge in [0.1, 0.15) is 5.58 Å². The Morgan fingerprint density at radius 2 is 1.12 bits per heavy atom. The maximum atomic E-state index is 6.73. The predicted molar refractivity (Wildman–Crippen MR) is 269 cm³/mol. The number of rotatable bonds is 3. The van der Waals surface area contributed by atoms with Crippen LogP contribution in [0.5, 0.6) is 0 Å². The van der Waals surface area contributed by atoms with E-state index in [-0.39, 0.29) is 10.8 Å². The molecule has 1 aliphatic rings. The summed E-state index contributed by atoms with van der Waals surface area (Å²) in [6, 6.07) is 57.6. The van der Waals surface area contributed by atoms with Crippen molar-refractivity contribution in [1.82, 2.24) is 19.1 Å². The topological polar surface area (TPSA) is 48.8 Å². The molecule has 0 saturated heterocycles. The number of nitrogens with zero attached hydrogens (tertiary/aromatic N) is 4. The van der Waals surface area contributed by atoms with Gasteiger partial charge in [0.2, 0.25) is 11.7 Å². The van der Waals surface area contributed by atoms with Crippen LogP contribution in [0.25, 0.3) is 120 Å². The molecule has 306 valence electrons. The lowest BCUT2D eigenvalue weighted by Gasteiger charge is -2.42. The van der Waals surface area contributed by atoms with E-state index in [0.29, 0.717) is 11.7 Å². The molecule has 0 radical (unpaired) electrons. The summed E-state index contributed by atoms with van der Waals surface area (Å²) in [7, 11) is 0. The Morgan fingerprint density at radius 1 is 0.484 bits per heavy atom. The van der Waals surface area contributed by atoms with Crippen molar-refractivity contribution < 1.29 is 4.42 Å². The Balaban J connectivity index is 1.17. The minimum Gasteiger partial charge on any atom is -0.437 e. The van der Waals surface area contributed by atoms with Crippen LogP contribution in [0, 0.1) is 0 Å². The van der Waals surface area contributed by atoms with Gasteiger partial charge >= 0.3 is 0 Å². The van der Waals surface area contributed by atoms with Crippen LogP contribution in [0.4, 0.5) is 0 Å². The van der Waals surface area contributed by atoms with Crippen molar-refractivity contribution >= 4 is 108 Å². The molecule has 8 aromatic carbocycles. The van der Waals surface area contributed by atoms with Crippen LogP contribution in [-0.2, 0) is 10.8 Å². The quantitative estimate of drug-likeness (QED) is 0.178. The highest BCUT2D eigenvalue weighted by Crippen LogP contribution is 2.51. The highest BCUT2D eigenvalue weighted by Gasteiger charge is 2.38. The van der Waals surface area contributed by atoms with Gasteiger partial charge in [-0.1, -0.05) is 125 Å². The number of fused-ring (bicyclic) bond motifs is 16. The molecule has 6 heteroatoms. The van der Waals surface area contributed by atoms with Crippen molar-refractivity contribution in [3.63, 3.8) is 0 Å². The van der Waals surface area contributed by atoms with Gasteiger partial charge in [0, 0.05) is 58.4 Å². The third-order valence-electron chi connectivity index (χ3n) is 14.6. The molecule has 64 heavy (non-hydrogen) atoms. The molecule has 0 atom stereocenters. The molecular weight excluding hydrogens is 801 g/mol. The van der Waals surface area contributed by atoms with E-state index in [9.17, 15) is 0 Å². The first-order valence-electron chi connectivity index (χ1n) is 22.4. The first-order valence-corrected chi connectivity index (χ1v) is 23.2. The van der Waals surface area contributed by atoms with Crippen LogP contribution in [0.2, 0.25) is 0 Å². The Kier molecular flexibility index (Phi) is 7.18. The standard InChI is InChI=1S/C58H42N4OS/c1-57(2)28-29-58(3,4)42-32-46-40(31-41(42)57)51-44(26-27-45-53(51)50-36-17-9-8-14-33(36)23-25-43(50)61(45)35-15-6-5-7-16-35)62(46)56-59-54(52-39-19-10-12-20-47(39)63-55(52)60-56)34-22-24-38-37-18-11-13-21-48(37)64-49(38)30-34/h5-27,30-32H,28-29H2,1-4H3. The van der Waals surface area contributed by atoms with Gasteiger partial charge in [-0.3, -0.25) is 4.57 Å². The van der Waals surface area contributed by atoms with Crippen LogP contribution in [0.15, 0.2) is 162 Å². The first-order chi connectivity index (χ1) is 31.2. The molecule has 0 spiro atoms. The van der Waals surface area contributed by atoms with Crippen LogP contribution in [-0.4, -0.2) is 19.1 Å². The molecule has 0 unspecified atom stereocenters. The molecule has 13 aromatic rings.